The number of carbonyl (C=O) groups is 1. The smallest absolute Gasteiger partial charge is 0.250 e. The summed E-state index contributed by atoms with van der Waals surface area (Å²) in [6.45, 7) is 9.65. The predicted octanol–water partition coefficient (Wildman–Crippen LogP) is 3.03. The van der Waals surface area contributed by atoms with Crippen molar-refractivity contribution in [1.29, 1.82) is 0 Å². The number of nitrogens with one attached hydrogen (secondary N) is 1. The Labute approximate surface area is 158 Å². The molecule has 138 valence electrons. The average molecular weight is 374 g/mol. The van der Waals surface area contributed by atoms with Crippen molar-refractivity contribution in [3.05, 3.63) is 46.6 Å². The molecular weight excluding hydrogens is 350 g/mol. The third-order valence-corrected chi connectivity index (χ3v) is 5.06. The van der Waals surface area contributed by atoms with Gasteiger partial charge in [0.2, 0.25) is 5.91 Å². The summed E-state index contributed by atoms with van der Waals surface area (Å²) in [5.41, 5.74) is 8.81. The van der Waals surface area contributed by atoms with Gasteiger partial charge in [0.25, 0.3) is 0 Å². The SMILES string of the molecule is CCN1CCN(c2ccc(Nc3ncc(C(N)=O)cc3Cl)c(C)c2)CC1. The van der Waals surface area contributed by atoms with Crippen LogP contribution in [0.15, 0.2) is 30.5 Å². The Hall–Kier alpha value is -2.31. The summed E-state index contributed by atoms with van der Waals surface area (Å²) >= 11 is 6.21. The number of carbonyl (C=O) groups excluding carboxylic acids is 1. The number of hydrogen-bond acceptors (Lipinski definition) is 5. The molecule has 1 aromatic heterocycles. The average Bonchev–Trinajstić information content (AvgIpc) is 2.64. The molecule has 0 saturated carbocycles. The molecule has 1 aliphatic rings. The van der Waals surface area contributed by atoms with E-state index in [0.717, 1.165) is 44.0 Å². The zero-order valence-electron chi connectivity index (χ0n) is 15.1. The fourth-order valence-electron chi connectivity index (χ4n) is 3.10. The second kappa shape index (κ2) is 7.93. The minimum absolute atomic E-state index is 0.291. The lowest BCUT2D eigenvalue weighted by atomic mass is 10.1. The summed E-state index contributed by atoms with van der Waals surface area (Å²) in [5.74, 6) is -0.0428. The lowest BCUT2D eigenvalue weighted by Crippen LogP contribution is -2.46. The zero-order chi connectivity index (χ0) is 18.7. The van der Waals surface area contributed by atoms with Crippen LogP contribution in [-0.4, -0.2) is 48.5 Å². The van der Waals surface area contributed by atoms with Crippen LogP contribution in [0, 0.1) is 6.92 Å². The highest BCUT2D eigenvalue weighted by Gasteiger charge is 2.16. The number of benzene rings is 1. The van der Waals surface area contributed by atoms with Crippen molar-refractivity contribution in [3.8, 4) is 0 Å². The minimum atomic E-state index is -0.547. The van der Waals surface area contributed by atoms with Crippen molar-refractivity contribution in [2.75, 3.05) is 42.9 Å². The summed E-state index contributed by atoms with van der Waals surface area (Å²) in [7, 11) is 0. The lowest BCUT2D eigenvalue weighted by molar-refractivity contribution is 0.1000. The minimum Gasteiger partial charge on any atom is -0.369 e. The number of amides is 1. The number of halogens is 1. The van der Waals surface area contributed by atoms with Crippen LogP contribution in [-0.2, 0) is 0 Å². The first-order chi connectivity index (χ1) is 12.5. The molecule has 7 heteroatoms. The van der Waals surface area contributed by atoms with Crippen LogP contribution in [0.25, 0.3) is 0 Å². The number of hydrogen-bond donors (Lipinski definition) is 2. The monoisotopic (exact) mass is 373 g/mol. The van der Waals surface area contributed by atoms with Crippen LogP contribution in [0.3, 0.4) is 0 Å². The molecule has 2 aromatic rings. The molecular formula is C19H24ClN5O. The Morgan fingerprint density at radius 2 is 2.00 bits per heavy atom. The quantitative estimate of drug-likeness (QED) is 0.842. The zero-order valence-corrected chi connectivity index (χ0v) is 15.9. The molecule has 3 N–H and O–H groups in total. The van der Waals surface area contributed by atoms with Gasteiger partial charge >= 0.3 is 0 Å². The van der Waals surface area contributed by atoms with Gasteiger partial charge in [0.1, 0.15) is 5.82 Å². The first-order valence-corrected chi connectivity index (χ1v) is 9.16. The molecule has 0 aliphatic carbocycles. The van der Waals surface area contributed by atoms with E-state index in [0.29, 0.717) is 16.4 Å². The number of anilines is 3. The Balaban J connectivity index is 1.73. The Bertz CT molecular complexity index is 803. The van der Waals surface area contributed by atoms with Gasteiger partial charge in [-0.1, -0.05) is 18.5 Å². The molecule has 26 heavy (non-hydrogen) atoms. The van der Waals surface area contributed by atoms with E-state index < -0.39 is 5.91 Å². The van der Waals surface area contributed by atoms with Crippen molar-refractivity contribution in [3.63, 3.8) is 0 Å². The maximum absolute atomic E-state index is 11.2. The molecule has 0 radical (unpaired) electrons. The number of nitrogens with zero attached hydrogens (tertiary/aromatic N) is 3. The summed E-state index contributed by atoms with van der Waals surface area (Å²) < 4.78 is 0. The molecule has 3 rings (SSSR count). The summed E-state index contributed by atoms with van der Waals surface area (Å²) in [5, 5.41) is 3.59. The third-order valence-electron chi connectivity index (χ3n) is 4.77. The normalized spacial score (nSPS) is 15.1. The number of aryl methyl sites for hydroxylation is 1. The Morgan fingerprint density at radius 1 is 1.27 bits per heavy atom. The van der Waals surface area contributed by atoms with E-state index in [1.54, 1.807) is 0 Å². The maximum atomic E-state index is 11.2. The number of piperazine rings is 1. The topological polar surface area (TPSA) is 74.5 Å². The largest absolute Gasteiger partial charge is 0.369 e. The van der Waals surface area contributed by atoms with Crippen LogP contribution in [0.5, 0.6) is 0 Å². The highest BCUT2D eigenvalue weighted by atomic mass is 35.5. The van der Waals surface area contributed by atoms with Gasteiger partial charge in [0.15, 0.2) is 0 Å². The molecule has 1 amide bonds. The molecule has 0 atom stereocenters. The highest BCUT2D eigenvalue weighted by Crippen LogP contribution is 2.28. The van der Waals surface area contributed by atoms with Gasteiger partial charge in [0.05, 0.1) is 10.6 Å². The van der Waals surface area contributed by atoms with Crippen molar-refractivity contribution >= 4 is 34.7 Å². The van der Waals surface area contributed by atoms with Gasteiger partial charge in [-0.15, -0.1) is 0 Å². The van der Waals surface area contributed by atoms with Crippen molar-refractivity contribution < 1.29 is 4.79 Å². The van der Waals surface area contributed by atoms with Crippen LogP contribution in [0.1, 0.15) is 22.8 Å². The summed E-state index contributed by atoms with van der Waals surface area (Å²) in [4.78, 5) is 20.3. The number of rotatable bonds is 5. The van der Waals surface area contributed by atoms with Crippen molar-refractivity contribution in [2.45, 2.75) is 13.8 Å². The lowest BCUT2D eigenvalue weighted by Gasteiger charge is -2.35. The van der Waals surface area contributed by atoms with E-state index in [-0.39, 0.29) is 0 Å². The predicted molar refractivity (Wildman–Crippen MR) is 107 cm³/mol. The number of primary amides is 1. The number of pyridine rings is 1. The van der Waals surface area contributed by atoms with Crippen molar-refractivity contribution in [2.24, 2.45) is 5.73 Å². The molecule has 2 heterocycles. The van der Waals surface area contributed by atoms with E-state index in [4.69, 9.17) is 17.3 Å². The van der Waals surface area contributed by atoms with Gasteiger partial charge in [0, 0.05) is 43.8 Å². The van der Waals surface area contributed by atoms with Crippen LogP contribution in [0.2, 0.25) is 5.02 Å². The van der Waals surface area contributed by atoms with Crippen LogP contribution < -0.4 is 16.0 Å². The number of nitrogens with two attached hydrogens (primary N) is 1. The molecule has 0 bridgehead atoms. The van der Waals surface area contributed by atoms with Crippen LogP contribution in [0.4, 0.5) is 17.2 Å². The van der Waals surface area contributed by atoms with Crippen LogP contribution >= 0.6 is 11.6 Å². The molecule has 1 aromatic carbocycles. The van der Waals surface area contributed by atoms with Gasteiger partial charge < -0.3 is 20.9 Å². The molecule has 1 fully saturated rings. The first-order valence-electron chi connectivity index (χ1n) is 8.78. The fourth-order valence-corrected chi connectivity index (χ4v) is 3.31. The summed E-state index contributed by atoms with van der Waals surface area (Å²) in [6, 6.07) is 7.85. The van der Waals surface area contributed by atoms with E-state index in [2.05, 4.69) is 46.1 Å². The molecule has 6 nitrogen and oxygen atoms in total. The number of likely N-dealkylation sites (N-methyl/N-ethyl adjacent to an activating group) is 1. The Kier molecular flexibility index (Phi) is 5.64. The van der Waals surface area contributed by atoms with Gasteiger partial charge in [-0.05, 0) is 43.3 Å². The standard InChI is InChI=1S/C19H24ClN5O/c1-3-24-6-8-25(9-7-24)15-4-5-17(13(2)10-15)23-19-16(20)11-14(12-22-19)18(21)26/h4-5,10-12H,3,6-9H2,1-2H3,(H2,21,26)(H,22,23). The maximum Gasteiger partial charge on any atom is 0.250 e. The molecule has 1 saturated heterocycles. The third kappa shape index (κ3) is 4.08. The molecule has 0 unspecified atom stereocenters. The van der Waals surface area contributed by atoms with Crippen molar-refractivity contribution in [1.82, 2.24) is 9.88 Å². The van der Waals surface area contributed by atoms with Gasteiger partial charge in [-0.2, -0.15) is 0 Å². The van der Waals surface area contributed by atoms with Gasteiger partial charge in [-0.3, -0.25) is 4.79 Å². The van der Waals surface area contributed by atoms with E-state index in [9.17, 15) is 4.79 Å². The van der Waals surface area contributed by atoms with E-state index in [1.807, 2.05) is 6.07 Å². The van der Waals surface area contributed by atoms with Gasteiger partial charge in [-0.25, -0.2) is 4.98 Å². The molecule has 1 aliphatic heterocycles. The fraction of sp³-hybridized carbons (Fsp3) is 0.368. The molecule has 0 spiro atoms. The first kappa shape index (κ1) is 18.5. The second-order valence-corrected chi connectivity index (χ2v) is 6.87. The number of aromatic nitrogens is 1. The second-order valence-electron chi connectivity index (χ2n) is 6.46. The Morgan fingerprint density at radius 3 is 2.58 bits per heavy atom. The summed E-state index contributed by atoms with van der Waals surface area (Å²) in [6.07, 6.45) is 1.42. The van der Waals surface area contributed by atoms with E-state index in [1.165, 1.54) is 18.0 Å². The highest BCUT2D eigenvalue weighted by molar-refractivity contribution is 6.33. The van der Waals surface area contributed by atoms with E-state index >= 15 is 0 Å².